The van der Waals surface area contributed by atoms with Crippen molar-refractivity contribution < 1.29 is 39.4 Å². The van der Waals surface area contributed by atoms with Crippen LogP contribution in [0.2, 0.25) is 0 Å². The van der Waals surface area contributed by atoms with Crippen molar-refractivity contribution in [1.82, 2.24) is 0 Å². The van der Waals surface area contributed by atoms with Crippen LogP contribution in [0.5, 0.6) is 17.2 Å². The average Bonchev–Trinajstić information content (AvgIpc) is 2.71. The minimum Gasteiger partial charge on any atom is -0.508 e. The van der Waals surface area contributed by atoms with Crippen molar-refractivity contribution in [3.8, 4) is 28.4 Å². The lowest BCUT2D eigenvalue weighted by atomic mass is 10.00. The van der Waals surface area contributed by atoms with Crippen LogP contribution in [0.1, 0.15) is 6.92 Å². The second-order valence-electron chi connectivity index (χ2n) is 7.14. The molecule has 5 atom stereocenters. The summed E-state index contributed by atoms with van der Waals surface area (Å²) in [6.45, 7) is 1.49. The van der Waals surface area contributed by atoms with Crippen molar-refractivity contribution in [3.05, 3.63) is 52.9 Å². The summed E-state index contributed by atoms with van der Waals surface area (Å²) >= 11 is 0. The van der Waals surface area contributed by atoms with Gasteiger partial charge in [0, 0.05) is 12.1 Å². The molecule has 9 nitrogen and oxygen atoms in total. The SMILES string of the molecule is C[C@H]1OC(Oc2cc(O)cc3occ(-c4ccc(O)cc4)c(=O)c23)[C@@H](O)[C@@H](O)[C@@H]1O. The van der Waals surface area contributed by atoms with E-state index in [1.165, 1.54) is 31.4 Å². The lowest BCUT2D eigenvalue weighted by Crippen LogP contribution is -2.58. The highest BCUT2D eigenvalue weighted by Gasteiger charge is 2.43. The Morgan fingerprint density at radius 1 is 0.933 bits per heavy atom. The molecule has 4 rings (SSSR count). The molecule has 1 unspecified atom stereocenters. The number of rotatable bonds is 3. The van der Waals surface area contributed by atoms with Gasteiger partial charge in [-0.2, -0.15) is 0 Å². The van der Waals surface area contributed by atoms with Crippen molar-refractivity contribution in [1.29, 1.82) is 0 Å². The fraction of sp³-hybridized carbons (Fsp3) is 0.286. The molecule has 0 amide bonds. The Balaban J connectivity index is 1.80. The largest absolute Gasteiger partial charge is 0.508 e. The fourth-order valence-corrected chi connectivity index (χ4v) is 3.37. The van der Waals surface area contributed by atoms with Gasteiger partial charge in [-0.1, -0.05) is 12.1 Å². The molecule has 1 saturated heterocycles. The molecular weight excluding hydrogens is 396 g/mol. The van der Waals surface area contributed by atoms with Gasteiger partial charge in [0.2, 0.25) is 11.7 Å². The third kappa shape index (κ3) is 3.48. The Labute approximate surface area is 170 Å². The molecule has 2 heterocycles. The second kappa shape index (κ2) is 7.62. The topological polar surface area (TPSA) is 150 Å². The summed E-state index contributed by atoms with van der Waals surface area (Å²) in [4.78, 5) is 13.2. The van der Waals surface area contributed by atoms with Crippen LogP contribution in [0.3, 0.4) is 0 Å². The fourth-order valence-electron chi connectivity index (χ4n) is 3.37. The van der Waals surface area contributed by atoms with Gasteiger partial charge in [-0.15, -0.1) is 0 Å². The monoisotopic (exact) mass is 416 g/mol. The van der Waals surface area contributed by atoms with Gasteiger partial charge in [-0.25, -0.2) is 0 Å². The minimum atomic E-state index is -1.60. The van der Waals surface area contributed by atoms with Crippen LogP contribution >= 0.6 is 0 Å². The Morgan fingerprint density at radius 3 is 2.33 bits per heavy atom. The maximum atomic E-state index is 13.2. The first-order valence-corrected chi connectivity index (χ1v) is 9.20. The number of benzene rings is 2. The van der Waals surface area contributed by atoms with E-state index in [4.69, 9.17) is 13.9 Å². The maximum Gasteiger partial charge on any atom is 0.229 e. The van der Waals surface area contributed by atoms with E-state index >= 15 is 0 Å². The predicted molar refractivity (Wildman–Crippen MR) is 104 cm³/mol. The van der Waals surface area contributed by atoms with Gasteiger partial charge in [-0.3, -0.25) is 4.79 Å². The quantitative estimate of drug-likeness (QED) is 0.423. The van der Waals surface area contributed by atoms with Crippen molar-refractivity contribution in [2.45, 2.75) is 37.6 Å². The number of ether oxygens (including phenoxy) is 2. The molecule has 0 radical (unpaired) electrons. The van der Waals surface area contributed by atoms with Crippen LogP contribution in [-0.4, -0.2) is 56.2 Å². The van der Waals surface area contributed by atoms with Crippen LogP contribution in [0.15, 0.2) is 51.9 Å². The van der Waals surface area contributed by atoms with Crippen molar-refractivity contribution in [2.24, 2.45) is 0 Å². The molecule has 0 saturated carbocycles. The third-order valence-electron chi connectivity index (χ3n) is 5.06. The zero-order chi connectivity index (χ0) is 21.6. The van der Waals surface area contributed by atoms with Crippen LogP contribution in [0.4, 0.5) is 0 Å². The van der Waals surface area contributed by atoms with Gasteiger partial charge in [0.1, 0.15) is 52.8 Å². The summed E-state index contributed by atoms with van der Waals surface area (Å²) in [6, 6.07) is 8.34. The molecule has 2 aromatic carbocycles. The van der Waals surface area contributed by atoms with Crippen LogP contribution in [0.25, 0.3) is 22.1 Å². The Kier molecular flexibility index (Phi) is 5.12. The van der Waals surface area contributed by atoms with Crippen molar-refractivity contribution >= 4 is 11.0 Å². The van der Waals surface area contributed by atoms with Gasteiger partial charge in [0.15, 0.2) is 0 Å². The molecule has 9 heteroatoms. The average molecular weight is 416 g/mol. The van der Waals surface area contributed by atoms with Gasteiger partial charge < -0.3 is 39.4 Å². The maximum absolute atomic E-state index is 13.2. The first kappa shape index (κ1) is 20.2. The first-order chi connectivity index (χ1) is 14.3. The Bertz CT molecular complexity index is 1120. The summed E-state index contributed by atoms with van der Waals surface area (Å²) in [5.41, 5.74) is 0.239. The highest BCUT2D eigenvalue weighted by molar-refractivity contribution is 5.88. The van der Waals surface area contributed by atoms with Crippen LogP contribution < -0.4 is 10.2 Å². The van der Waals surface area contributed by atoms with Crippen LogP contribution in [0, 0.1) is 0 Å². The number of fused-ring (bicyclic) bond motifs is 1. The summed E-state index contributed by atoms with van der Waals surface area (Å²) in [6.07, 6.45) is -5.45. The molecule has 1 aliphatic heterocycles. The van der Waals surface area contributed by atoms with E-state index in [1.54, 1.807) is 12.1 Å². The van der Waals surface area contributed by atoms with Gasteiger partial charge in [0.05, 0.1) is 11.7 Å². The number of hydrogen-bond acceptors (Lipinski definition) is 9. The van der Waals surface area contributed by atoms with E-state index < -0.39 is 36.1 Å². The summed E-state index contributed by atoms with van der Waals surface area (Å²) < 4.78 is 16.6. The normalized spacial score (nSPS) is 26.6. The molecule has 1 aliphatic rings. The predicted octanol–water partition coefficient (Wildman–Crippen LogP) is 1.08. The molecule has 1 fully saturated rings. The number of phenols is 2. The number of hydrogen-bond donors (Lipinski definition) is 5. The van der Waals surface area contributed by atoms with Crippen LogP contribution in [-0.2, 0) is 4.74 Å². The molecule has 1 aromatic heterocycles. The molecule has 0 spiro atoms. The number of aliphatic hydroxyl groups is 3. The first-order valence-electron chi connectivity index (χ1n) is 9.20. The summed E-state index contributed by atoms with van der Waals surface area (Å²) in [7, 11) is 0. The van der Waals surface area contributed by atoms with Crippen molar-refractivity contribution in [3.63, 3.8) is 0 Å². The number of phenolic OH excluding ortho intramolecular Hbond substituents is 2. The van der Waals surface area contributed by atoms with E-state index in [1.807, 2.05) is 0 Å². The molecule has 158 valence electrons. The van der Waals surface area contributed by atoms with Gasteiger partial charge >= 0.3 is 0 Å². The third-order valence-corrected chi connectivity index (χ3v) is 5.06. The number of aliphatic hydroxyl groups excluding tert-OH is 3. The van der Waals surface area contributed by atoms with E-state index in [9.17, 15) is 30.3 Å². The minimum absolute atomic E-state index is 0.0116. The molecule has 5 N–H and O–H groups in total. The van der Waals surface area contributed by atoms with Crippen molar-refractivity contribution in [2.75, 3.05) is 0 Å². The number of aromatic hydroxyl groups is 2. The van der Waals surface area contributed by atoms with E-state index in [0.717, 1.165) is 6.07 Å². The van der Waals surface area contributed by atoms with Gasteiger partial charge in [0.25, 0.3) is 0 Å². The Morgan fingerprint density at radius 2 is 1.63 bits per heavy atom. The lowest BCUT2D eigenvalue weighted by Gasteiger charge is -2.38. The van der Waals surface area contributed by atoms with E-state index in [0.29, 0.717) is 5.56 Å². The smallest absolute Gasteiger partial charge is 0.229 e. The lowest BCUT2D eigenvalue weighted by molar-refractivity contribution is -0.267. The molecular formula is C21H20O9. The van der Waals surface area contributed by atoms with Gasteiger partial charge in [-0.05, 0) is 24.6 Å². The van der Waals surface area contributed by atoms with E-state index in [2.05, 4.69) is 0 Å². The summed E-state index contributed by atoms with van der Waals surface area (Å²) in [5, 5.41) is 49.5. The Hall–Kier alpha value is -3.11. The molecule has 30 heavy (non-hydrogen) atoms. The second-order valence-corrected chi connectivity index (χ2v) is 7.14. The standard InChI is InChI=1S/C21H20O9/c1-9-17(24)19(26)20(27)21(29-9)30-15-7-12(23)6-14-16(15)18(25)13(8-28-14)10-2-4-11(22)5-3-10/h2-9,17,19-24,26-27H,1H3/t9-,17-,19+,20+,21?/m1/s1. The molecule has 3 aromatic rings. The molecule has 0 aliphatic carbocycles. The molecule has 0 bridgehead atoms. The zero-order valence-corrected chi connectivity index (χ0v) is 15.8. The highest BCUT2D eigenvalue weighted by Crippen LogP contribution is 2.33. The van der Waals surface area contributed by atoms with E-state index in [-0.39, 0.29) is 33.8 Å². The highest BCUT2D eigenvalue weighted by atomic mass is 16.7. The summed E-state index contributed by atoms with van der Waals surface area (Å²) in [5.74, 6) is -0.340. The zero-order valence-electron chi connectivity index (χ0n) is 15.8.